The van der Waals surface area contributed by atoms with Crippen LogP contribution in [0.4, 0.5) is 0 Å². The molecule has 0 bridgehead atoms. The monoisotopic (exact) mass is 258 g/mol. The first-order valence-corrected chi connectivity index (χ1v) is 6.05. The lowest BCUT2D eigenvalue weighted by Crippen LogP contribution is -2.21. The highest BCUT2D eigenvalue weighted by atomic mass is 16.6. The summed E-state index contributed by atoms with van der Waals surface area (Å²) >= 11 is 0. The Balaban J connectivity index is 4.66. The molecule has 6 nitrogen and oxygen atoms in total. The molecule has 0 aliphatic heterocycles. The van der Waals surface area contributed by atoms with Crippen molar-refractivity contribution in [1.29, 1.82) is 0 Å². The number of carbonyl (C=O) groups is 1. The van der Waals surface area contributed by atoms with Gasteiger partial charge >= 0.3 is 5.97 Å². The molecule has 0 aliphatic rings. The maximum atomic E-state index is 11.6. The van der Waals surface area contributed by atoms with Crippen LogP contribution in [-0.2, 0) is 19.2 Å². The van der Waals surface area contributed by atoms with Crippen LogP contribution in [-0.4, -0.2) is 38.2 Å². The van der Waals surface area contributed by atoms with Gasteiger partial charge in [0.2, 0.25) is 0 Å². The Morgan fingerprint density at radius 1 is 1.11 bits per heavy atom. The van der Waals surface area contributed by atoms with E-state index in [0.717, 1.165) is 25.0 Å². The van der Waals surface area contributed by atoms with E-state index in [9.17, 15) is 4.79 Å². The van der Waals surface area contributed by atoms with E-state index >= 15 is 0 Å². The third-order valence-corrected chi connectivity index (χ3v) is 2.12. The fourth-order valence-corrected chi connectivity index (χ4v) is 1.34. The van der Waals surface area contributed by atoms with Gasteiger partial charge in [-0.2, -0.15) is 0 Å². The molecule has 18 heavy (non-hydrogen) atoms. The van der Waals surface area contributed by atoms with Gasteiger partial charge in [0.15, 0.2) is 5.71 Å². The van der Waals surface area contributed by atoms with Crippen molar-refractivity contribution in [2.45, 2.75) is 39.5 Å². The van der Waals surface area contributed by atoms with Gasteiger partial charge in [0.25, 0.3) is 0 Å². The van der Waals surface area contributed by atoms with E-state index in [2.05, 4.69) is 22.1 Å². The lowest BCUT2D eigenvalue weighted by Gasteiger charge is -2.07. The zero-order valence-corrected chi connectivity index (χ0v) is 11.6. The van der Waals surface area contributed by atoms with E-state index in [1.165, 1.54) is 14.2 Å². The van der Waals surface area contributed by atoms with Gasteiger partial charge in [-0.15, -0.1) is 0 Å². The SMILES string of the molecule is CCCC/C(C/C(=N\OC)C(=O)OCC)=N\OC. The van der Waals surface area contributed by atoms with Gasteiger partial charge in [-0.05, 0) is 19.8 Å². The second kappa shape index (κ2) is 10.6. The number of hydrogen-bond donors (Lipinski definition) is 0. The molecule has 6 heteroatoms. The molecule has 0 amide bonds. The van der Waals surface area contributed by atoms with Crippen molar-refractivity contribution in [3.8, 4) is 0 Å². The highest BCUT2D eigenvalue weighted by Crippen LogP contribution is 2.05. The van der Waals surface area contributed by atoms with Gasteiger partial charge in [-0.3, -0.25) is 0 Å². The van der Waals surface area contributed by atoms with Crippen LogP contribution < -0.4 is 0 Å². The fraction of sp³-hybridized carbons (Fsp3) is 0.750. The quantitative estimate of drug-likeness (QED) is 0.361. The Hall–Kier alpha value is -1.59. The van der Waals surface area contributed by atoms with Crippen molar-refractivity contribution < 1.29 is 19.2 Å². The van der Waals surface area contributed by atoms with Crippen molar-refractivity contribution in [2.24, 2.45) is 10.3 Å². The van der Waals surface area contributed by atoms with E-state index in [-0.39, 0.29) is 12.1 Å². The van der Waals surface area contributed by atoms with Gasteiger partial charge in [0, 0.05) is 6.42 Å². The lowest BCUT2D eigenvalue weighted by molar-refractivity contribution is -0.135. The molecule has 0 heterocycles. The van der Waals surface area contributed by atoms with Crippen LogP contribution in [0.2, 0.25) is 0 Å². The number of hydrogen-bond acceptors (Lipinski definition) is 6. The number of esters is 1. The molecule has 0 rings (SSSR count). The van der Waals surface area contributed by atoms with Gasteiger partial charge in [-0.25, -0.2) is 4.79 Å². The topological polar surface area (TPSA) is 69.5 Å². The number of oxime groups is 2. The molecule has 0 N–H and O–H groups in total. The standard InChI is InChI=1S/C12H22N2O4/c1-5-7-8-10(13-16-3)9-11(14-17-4)12(15)18-6-2/h5-9H2,1-4H3/b13-10+,14-11+. The zero-order valence-electron chi connectivity index (χ0n) is 11.6. The van der Waals surface area contributed by atoms with Gasteiger partial charge < -0.3 is 14.4 Å². The molecule has 0 aliphatic carbocycles. The van der Waals surface area contributed by atoms with E-state index in [0.29, 0.717) is 6.61 Å². The Bertz CT molecular complexity index is 300. The molecule has 0 atom stereocenters. The summed E-state index contributed by atoms with van der Waals surface area (Å²) in [6.45, 7) is 4.12. The number of carbonyl (C=O) groups excluding carboxylic acids is 1. The van der Waals surface area contributed by atoms with Crippen molar-refractivity contribution in [3.63, 3.8) is 0 Å². The number of rotatable bonds is 9. The number of unbranched alkanes of at least 4 members (excludes halogenated alkanes) is 1. The van der Waals surface area contributed by atoms with Crippen LogP contribution in [0.15, 0.2) is 10.3 Å². The molecular formula is C12H22N2O4. The normalized spacial score (nSPS) is 12.2. The van der Waals surface area contributed by atoms with Crippen LogP contribution in [0.1, 0.15) is 39.5 Å². The largest absolute Gasteiger partial charge is 0.461 e. The highest BCUT2D eigenvalue weighted by Gasteiger charge is 2.17. The maximum Gasteiger partial charge on any atom is 0.356 e. The molecule has 0 saturated carbocycles. The average Bonchev–Trinajstić information content (AvgIpc) is 2.35. The van der Waals surface area contributed by atoms with E-state index in [1.54, 1.807) is 6.92 Å². The molecule has 0 unspecified atom stereocenters. The molecule has 0 saturated heterocycles. The van der Waals surface area contributed by atoms with Crippen LogP contribution in [0.5, 0.6) is 0 Å². The molecule has 0 aromatic carbocycles. The summed E-state index contributed by atoms with van der Waals surface area (Å²) in [6.07, 6.45) is 3.05. The molecule has 104 valence electrons. The average molecular weight is 258 g/mol. The Kier molecular flexibility index (Phi) is 9.62. The molecular weight excluding hydrogens is 236 g/mol. The summed E-state index contributed by atoms with van der Waals surface area (Å²) in [7, 11) is 2.86. The summed E-state index contributed by atoms with van der Waals surface area (Å²) in [6, 6.07) is 0. The first-order valence-electron chi connectivity index (χ1n) is 6.05. The summed E-state index contributed by atoms with van der Waals surface area (Å²) in [4.78, 5) is 21.0. The zero-order chi connectivity index (χ0) is 13.8. The summed E-state index contributed by atoms with van der Waals surface area (Å²) < 4.78 is 4.89. The molecule has 0 spiro atoms. The Morgan fingerprint density at radius 2 is 1.78 bits per heavy atom. The summed E-state index contributed by atoms with van der Waals surface area (Å²) in [5.41, 5.74) is 0.953. The number of ether oxygens (including phenoxy) is 1. The van der Waals surface area contributed by atoms with Crippen LogP contribution in [0.3, 0.4) is 0 Å². The van der Waals surface area contributed by atoms with Crippen molar-refractivity contribution in [1.82, 2.24) is 0 Å². The van der Waals surface area contributed by atoms with Crippen molar-refractivity contribution >= 4 is 17.4 Å². The second-order valence-corrected chi connectivity index (χ2v) is 3.56. The minimum Gasteiger partial charge on any atom is -0.461 e. The van der Waals surface area contributed by atoms with Crippen LogP contribution >= 0.6 is 0 Å². The Labute approximate surface area is 108 Å². The summed E-state index contributed by atoms with van der Waals surface area (Å²) in [5, 5.41) is 7.58. The van der Waals surface area contributed by atoms with E-state index < -0.39 is 5.97 Å². The maximum absolute atomic E-state index is 11.6. The smallest absolute Gasteiger partial charge is 0.356 e. The van der Waals surface area contributed by atoms with Crippen LogP contribution in [0.25, 0.3) is 0 Å². The van der Waals surface area contributed by atoms with Crippen LogP contribution in [0, 0.1) is 0 Å². The molecule has 0 aromatic heterocycles. The van der Waals surface area contributed by atoms with E-state index in [1.807, 2.05) is 0 Å². The third-order valence-electron chi connectivity index (χ3n) is 2.12. The highest BCUT2D eigenvalue weighted by molar-refractivity contribution is 6.39. The molecule has 0 fully saturated rings. The number of nitrogens with zero attached hydrogens (tertiary/aromatic N) is 2. The predicted octanol–water partition coefficient (Wildman–Crippen LogP) is 2.13. The first-order chi connectivity index (χ1) is 8.69. The third kappa shape index (κ3) is 6.88. The summed E-state index contributed by atoms with van der Waals surface area (Å²) in [5.74, 6) is -0.486. The minimum absolute atomic E-state index is 0.200. The molecule has 0 radical (unpaired) electrons. The fourth-order valence-electron chi connectivity index (χ4n) is 1.34. The molecule has 0 aromatic rings. The van der Waals surface area contributed by atoms with Crippen molar-refractivity contribution in [2.75, 3.05) is 20.8 Å². The second-order valence-electron chi connectivity index (χ2n) is 3.56. The van der Waals surface area contributed by atoms with Crippen molar-refractivity contribution in [3.05, 3.63) is 0 Å². The lowest BCUT2D eigenvalue weighted by atomic mass is 10.1. The van der Waals surface area contributed by atoms with Gasteiger partial charge in [0.05, 0.1) is 12.3 Å². The first kappa shape index (κ1) is 16.4. The predicted molar refractivity (Wildman–Crippen MR) is 69.7 cm³/mol. The Morgan fingerprint density at radius 3 is 2.28 bits per heavy atom. The van der Waals surface area contributed by atoms with Gasteiger partial charge in [0.1, 0.15) is 14.2 Å². The van der Waals surface area contributed by atoms with Gasteiger partial charge in [-0.1, -0.05) is 23.7 Å². The minimum atomic E-state index is -0.486. The van der Waals surface area contributed by atoms with E-state index in [4.69, 9.17) is 9.57 Å².